The molecule has 1 saturated carbocycles. The number of para-hydroxylation sites is 1. The molecule has 2 aliphatic rings. The van der Waals surface area contributed by atoms with Crippen LogP contribution in [0.5, 0.6) is 0 Å². The Bertz CT molecular complexity index is 1050. The fourth-order valence-corrected chi connectivity index (χ4v) is 5.07. The summed E-state index contributed by atoms with van der Waals surface area (Å²) in [4.78, 5) is 24.3. The van der Waals surface area contributed by atoms with Crippen molar-refractivity contribution in [3.63, 3.8) is 0 Å². The van der Waals surface area contributed by atoms with Gasteiger partial charge < -0.3 is 4.98 Å². The van der Waals surface area contributed by atoms with Crippen molar-refractivity contribution in [3.05, 3.63) is 46.0 Å². The number of nitrogens with one attached hydrogen (secondary N) is 1. The highest BCUT2D eigenvalue weighted by Gasteiger charge is 2.61. The van der Waals surface area contributed by atoms with Crippen LogP contribution in [0.1, 0.15) is 50.8 Å². The van der Waals surface area contributed by atoms with E-state index in [1.54, 1.807) is 0 Å². The van der Waals surface area contributed by atoms with Gasteiger partial charge in [-0.3, -0.25) is 0 Å². The Morgan fingerprint density at radius 2 is 1.96 bits per heavy atom. The molecule has 4 heteroatoms. The number of hydrogen-bond acceptors (Lipinski definition) is 3. The molecule has 1 fully saturated rings. The second-order valence-electron chi connectivity index (χ2n) is 7.81. The van der Waals surface area contributed by atoms with Crippen LogP contribution in [0.4, 0.5) is 0 Å². The molecule has 2 aliphatic carbocycles. The van der Waals surface area contributed by atoms with Gasteiger partial charge in [0.15, 0.2) is 0 Å². The lowest BCUT2D eigenvalue weighted by Gasteiger charge is -2.34. The van der Waals surface area contributed by atoms with Crippen molar-refractivity contribution in [2.75, 3.05) is 0 Å². The highest BCUT2D eigenvalue weighted by molar-refractivity contribution is 6.08. The van der Waals surface area contributed by atoms with E-state index in [0.717, 1.165) is 34.8 Å². The predicted molar refractivity (Wildman–Crippen MR) is 90.8 cm³/mol. The first-order chi connectivity index (χ1) is 10.9. The molecule has 0 radical (unpaired) electrons. The molecule has 2 bridgehead atoms. The van der Waals surface area contributed by atoms with Crippen LogP contribution in [-0.2, 0) is 5.41 Å². The Kier molecular flexibility index (Phi) is 2.19. The van der Waals surface area contributed by atoms with E-state index in [1.807, 2.05) is 18.2 Å². The topological polar surface area (TPSA) is 58.6 Å². The Labute approximate surface area is 134 Å². The summed E-state index contributed by atoms with van der Waals surface area (Å²) in [7, 11) is 0. The molecule has 4 nitrogen and oxygen atoms in total. The molecule has 3 aromatic rings. The molecule has 0 spiro atoms. The smallest absolute Gasteiger partial charge is 0.339 e. The third-order valence-corrected chi connectivity index (χ3v) is 6.72. The molecule has 23 heavy (non-hydrogen) atoms. The van der Waals surface area contributed by atoms with Crippen LogP contribution in [0.15, 0.2) is 29.1 Å². The summed E-state index contributed by atoms with van der Waals surface area (Å²) in [6, 6.07) is 8.20. The van der Waals surface area contributed by atoms with Gasteiger partial charge in [-0.15, -0.1) is 0 Å². The van der Waals surface area contributed by atoms with Crippen LogP contribution >= 0.6 is 0 Å². The van der Waals surface area contributed by atoms with Gasteiger partial charge in [0.25, 0.3) is 0 Å². The number of rotatable bonds is 0. The second kappa shape index (κ2) is 3.81. The van der Waals surface area contributed by atoms with Crippen molar-refractivity contribution in [3.8, 4) is 0 Å². The van der Waals surface area contributed by atoms with E-state index in [4.69, 9.17) is 0 Å². The van der Waals surface area contributed by atoms with Gasteiger partial charge in [0.1, 0.15) is 5.65 Å². The highest BCUT2D eigenvalue weighted by Crippen LogP contribution is 2.67. The molecule has 116 valence electrons. The summed E-state index contributed by atoms with van der Waals surface area (Å²) < 4.78 is 0. The van der Waals surface area contributed by atoms with Gasteiger partial charge in [0, 0.05) is 21.7 Å². The van der Waals surface area contributed by atoms with E-state index >= 15 is 0 Å². The Balaban J connectivity index is 2.07. The monoisotopic (exact) mass is 305 g/mol. The maximum Gasteiger partial charge on any atom is 0.369 e. The summed E-state index contributed by atoms with van der Waals surface area (Å²) in [5.74, 6) is 0.435. The fraction of sp³-hybridized carbons (Fsp3) is 0.421. The van der Waals surface area contributed by atoms with Crippen molar-refractivity contribution in [1.82, 2.24) is 15.0 Å². The van der Waals surface area contributed by atoms with E-state index < -0.39 is 0 Å². The van der Waals surface area contributed by atoms with Gasteiger partial charge in [-0.1, -0.05) is 39.0 Å². The average molecular weight is 305 g/mol. The minimum absolute atomic E-state index is 0.0435. The van der Waals surface area contributed by atoms with Gasteiger partial charge in [-0.05, 0) is 35.8 Å². The molecule has 1 N–H and O–H groups in total. The summed E-state index contributed by atoms with van der Waals surface area (Å²) >= 11 is 0. The van der Waals surface area contributed by atoms with Crippen molar-refractivity contribution in [1.29, 1.82) is 0 Å². The zero-order valence-electron chi connectivity index (χ0n) is 13.6. The summed E-state index contributed by atoms with van der Waals surface area (Å²) in [5.41, 5.74) is 3.65. The second-order valence-corrected chi connectivity index (χ2v) is 7.81. The van der Waals surface area contributed by atoms with Gasteiger partial charge in [0.05, 0.1) is 5.69 Å². The van der Waals surface area contributed by atoms with Crippen molar-refractivity contribution in [2.24, 2.45) is 5.41 Å². The third-order valence-electron chi connectivity index (χ3n) is 6.72. The molecule has 2 unspecified atom stereocenters. The standard InChI is InChI=1S/C19H19N3O/c1-18(2)11-8-9-19(18,3)15-14(11)13-10-6-4-5-7-12(10)20-16(13)22-17(23)21-15/h4-7,11H,8-9H2,1-3H3,(H,20,21,22,23). The van der Waals surface area contributed by atoms with Gasteiger partial charge in [-0.25, -0.2) is 4.79 Å². The van der Waals surface area contributed by atoms with Crippen LogP contribution in [0.25, 0.3) is 21.9 Å². The highest BCUT2D eigenvalue weighted by atomic mass is 16.1. The number of hydrogen-bond donors (Lipinski definition) is 1. The molecule has 2 aromatic heterocycles. The minimum atomic E-state index is -0.382. The van der Waals surface area contributed by atoms with Crippen molar-refractivity contribution in [2.45, 2.75) is 44.9 Å². The van der Waals surface area contributed by atoms with Gasteiger partial charge in [-0.2, -0.15) is 9.97 Å². The van der Waals surface area contributed by atoms with Crippen LogP contribution < -0.4 is 5.69 Å². The lowest BCUT2D eigenvalue weighted by molar-refractivity contribution is 0.227. The molecule has 0 amide bonds. The quantitative estimate of drug-likeness (QED) is 0.689. The summed E-state index contributed by atoms with van der Waals surface area (Å²) in [6.07, 6.45) is 2.25. The molecule has 2 atom stereocenters. The first-order valence-corrected chi connectivity index (χ1v) is 8.27. The molecule has 1 aromatic carbocycles. The van der Waals surface area contributed by atoms with Crippen LogP contribution in [-0.4, -0.2) is 15.0 Å². The van der Waals surface area contributed by atoms with Crippen molar-refractivity contribution < 1.29 is 0 Å². The number of H-pyrrole nitrogens is 1. The number of fused-ring (bicyclic) bond motifs is 9. The van der Waals surface area contributed by atoms with E-state index in [0.29, 0.717) is 11.6 Å². The fourth-order valence-electron chi connectivity index (χ4n) is 5.07. The number of aromatic amines is 1. The van der Waals surface area contributed by atoms with Gasteiger partial charge in [0.2, 0.25) is 0 Å². The molecule has 0 aliphatic heterocycles. The SMILES string of the molecule is CC12CCC(c3c1nc(=O)nc1[nH]c4ccccc4c31)C2(C)C. The van der Waals surface area contributed by atoms with E-state index in [-0.39, 0.29) is 16.5 Å². The summed E-state index contributed by atoms with van der Waals surface area (Å²) in [5, 5.41) is 2.25. The lowest BCUT2D eigenvalue weighted by Crippen LogP contribution is -2.33. The number of benzene rings is 1. The minimum Gasteiger partial charge on any atom is -0.339 e. The zero-order valence-corrected chi connectivity index (χ0v) is 13.6. The zero-order chi connectivity index (χ0) is 16.0. The van der Waals surface area contributed by atoms with Crippen LogP contribution in [0.2, 0.25) is 0 Å². The average Bonchev–Trinajstić information content (AvgIpc) is 2.96. The van der Waals surface area contributed by atoms with Crippen molar-refractivity contribution >= 4 is 21.9 Å². The molecule has 5 rings (SSSR count). The van der Waals surface area contributed by atoms with Gasteiger partial charge >= 0.3 is 5.69 Å². The maximum absolute atomic E-state index is 12.3. The Hall–Kier alpha value is -2.23. The number of nitrogens with zero attached hydrogens (tertiary/aromatic N) is 2. The maximum atomic E-state index is 12.3. The van der Waals surface area contributed by atoms with E-state index in [1.165, 1.54) is 5.56 Å². The molecular weight excluding hydrogens is 286 g/mol. The Morgan fingerprint density at radius 3 is 2.78 bits per heavy atom. The van der Waals surface area contributed by atoms with E-state index in [2.05, 4.69) is 41.8 Å². The molecule has 2 heterocycles. The predicted octanol–water partition coefficient (Wildman–Crippen LogP) is 3.65. The lowest BCUT2D eigenvalue weighted by atomic mass is 9.70. The summed E-state index contributed by atoms with van der Waals surface area (Å²) in [6.45, 7) is 6.92. The van der Waals surface area contributed by atoms with Crippen LogP contribution in [0.3, 0.4) is 0 Å². The van der Waals surface area contributed by atoms with Crippen LogP contribution in [0, 0.1) is 5.41 Å². The normalized spacial score (nSPS) is 27.7. The largest absolute Gasteiger partial charge is 0.369 e. The Morgan fingerprint density at radius 1 is 1.17 bits per heavy atom. The first kappa shape index (κ1) is 13.2. The third kappa shape index (κ3) is 1.36. The first-order valence-electron chi connectivity index (χ1n) is 8.27. The molecular formula is C19H19N3O. The number of aromatic nitrogens is 3. The van der Waals surface area contributed by atoms with E-state index in [9.17, 15) is 4.79 Å². The molecule has 0 saturated heterocycles.